The van der Waals surface area contributed by atoms with E-state index in [-0.39, 0.29) is 17.8 Å². The van der Waals surface area contributed by atoms with Crippen molar-refractivity contribution in [2.45, 2.75) is 52.0 Å². The van der Waals surface area contributed by atoms with Gasteiger partial charge in [-0.2, -0.15) is 0 Å². The molecule has 0 bridgehead atoms. The van der Waals surface area contributed by atoms with Gasteiger partial charge in [0, 0.05) is 25.3 Å². The Balaban J connectivity index is 1.53. The number of ether oxygens (including phenoxy) is 2. The quantitative estimate of drug-likeness (QED) is 0.770. The fourth-order valence-electron chi connectivity index (χ4n) is 3.53. The lowest BCUT2D eigenvalue weighted by Gasteiger charge is -2.35. The lowest BCUT2D eigenvalue weighted by atomic mass is 10.00. The van der Waals surface area contributed by atoms with E-state index in [9.17, 15) is 9.59 Å². The number of hydrogen-bond acceptors (Lipinski definition) is 4. The maximum atomic E-state index is 12.5. The molecule has 0 spiro atoms. The summed E-state index contributed by atoms with van der Waals surface area (Å²) < 4.78 is 11.0. The molecule has 1 amide bonds. The van der Waals surface area contributed by atoms with Crippen LogP contribution < -0.4 is 4.74 Å². The molecular formula is C20H27NO4. The normalized spacial score (nSPS) is 19.5. The number of likely N-dealkylation sites (tertiary alicyclic amines) is 1. The molecule has 136 valence electrons. The maximum absolute atomic E-state index is 12.5. The smallest absolute Gasteiger partial charge is 0.328 e. The lowest BCUT2D eigenvalue weighted by Crippen LogP contribution is -2.50. The molecule has 1 aromatic rings. The average Bonchev–Trinajstić information content (AvgIpc) is 3.08. The molecule has 0 radical (unpaired) electrons. The summed E-state index contributed by atoms with van der Waals surface area (Å²) in [4.78, 5) is 26.5. The van der Waals surface area contributed by atoms with Crippen LogP contribution in [0.1, 0.15) is 44.2 Å². The number of hydrogen-bond donors (Lipinski definition) is 0. The van der Waals surface area contributed by atoms with E-state index in [1.807, 2.05) is 26.0 Å². The molecular weight excluding hydrogens is 318 g/mol. The van der Waals surface area contributed by atoms with Crippen LogP contribution in [-0.4, -0.2) is 42.6 Å². The van der Waals surface area contributed by atoms with E-state index in [4.69, 9.17) is 9.47 Å². The fraction of sp³-hybridized carbons (Fsp3) is 0.600. The van der Waals surface area contributed by atoms with Gasteiger partial charge in [-0.1, -0.05) is 26.0 Å². The molecule has 5 heteroatoms. The number of nitrogens with zero attached hydrogens (tertiary/aromatic N) is 1. The van der Waals surface area contributed by atoms with Gasteiger partial charge < -0.3 is 14.4 Å². The zero-order valence-electron chi connectivity index (χ0n) is 15.1. The predicted molar refractivity (Wildman–Crippen MR) is 94.5 cm³/mol. The van der Waals surface area contributed by atoms with E-state index < -0.39 is 6.04 Å². The Morgan fingerprint density at radius 2 is 2.16 bits per heavy atom. The summed E-state index contributed by atoms with van der Waals surface area (Å²) in [7, 11) is 0. The Morgan fingerprint density at radius 1 is 1.32 bits per heavy atom. The fourth-order valence-corrected chi connectivity index (χ4v) is 3.53. The average molecular weight is 345 g/mol. The van der Waals surface area contributed by atoms with Gasteiger partial charge in [0.1, 0.15) is 11.8 Å². The van der Waals surface area contributed by atoms with E-state index in [0.717, 1.165) is 37.2 Å². The Bertz CT molecular complexity index is 641. The molecule has 0 saturated carbocycles. The summed E-state index contributed by atoms with van der Waals surface area (Å²) >= 11 is 0. The molecule has 5 nitrogen and oxygen atoms in total. The standard InChI is InChI=1S/C20H27NO4/c1-14(2)19(22)21-10-4-3-5-17(21)20(23)25-11-8-15-6-7-18-16(13-15)9-12-24-18/h6-7,13-14,17H,3-5,8-12H2,1-2H3. The van der Waals surface area contributed by atoms with Crippen LogP contribution in [0.3, 0.4) is 0 Å². The minimum atomic E-state index is -0.419. The van der Waals surface area contributed by atoms with Crippen molar-refractivity contribution in [2.24, 2.45) is 5.92 Å². The number of esters is 1. The van der Waals surface area contributed by atoms with Gasteiger partial charge in [-0.25, -0.2) is 4.79 Å². The molecule has 1 aromatic carbocycles. The van der Waals surface area contributed by atoms with E-state index in [2.05, 4.69) is 6.07 Å². The van der Waals surface area contributed by atoms with E-state index >= 15 is 0 Å². The minimum Gasteiger partial charge on any atom is -0.493 e. The van der Waals surface area contributed by atoms with Gasteiger partial charge in [0.05, 0.1) is 13.2 Å². The highest BCUT2D eigenvalue weighted by atomic mass is 16.5. The lowest BCUT2D eigenvalue weighted by molar-refractivity contribution is -0.158. The molecule has 1 saturated heterocycles. The van der Waals surface area contributed by atoms with Crippen LogP contribution in [0.4, 0.5) is 0 Å². The van der Waals surface area contributed by atoms with E-state index in [0.29, 0.717) is 26.0 Å². The van der Waals surface area contributed by atoms with Crippen LogP contribution in [0.25, 0.3) is 0 Å². The Labute approximate surface area is 149 Å². The van der Waals surface area contributed by atoms with Gasteiger partial charge in [-0.3, -0.25) is 4.79 Å². The van der Waals surface area contributed by atoms with Gasteiger partial charge >= 0.3 is 5.97 Å². The molecule has 1 atom stereocenters. The second-order valence-electron chi connectivity index (χ2n) is 7.16. The van der Waals surface area contributed by atoms with Crippen LogP contribution >= 0.6 is 0 Å². The topological polar surface area (TPSA) is 55.8 Å². The first kappa shape index (κ1) is 17.8. The third kappa shape index (κ3) is 4.14. The number of carbonyl (C=O) groups excluding carboxylic acids is 2. The van der Waals surface area contributed by atoms with Crippen LogP contribution in [0, 0.1) is 5.92 Å². The molecule has 2 aliphatic heterocycles. The Hall–Kier alpha value is -2.04. The van der Waals surface area contributed by atoms with E-state index in [1.54, 1.807) is 4.90 Å². The summed E-state index contributed by atoms with van der Waals surface area (Å²) in [6.45, 7) is 5.49. The van der Waals surface area contributed by atoms with Gasteiger partial charge in [-0.05, 0) is 36.5 Å². The second kappa shape index (κ2) is 7.89. The highest BCUT2D eigenvalue weighted by Gasteiger charge is 2.34. The van der Waals surface area contributed by atoms with Gasteiger partial charge in [0.15, 0.2) is 0 Å². The summed E-state index contributed by atoms with van der Waals surface area (Å²) in [5.41, 5.74) is 2.38. The van der Waals surface area contributed by atoms with Crippen LogP contribution in [0.15, 0.2) is 18.2 Å². The highest BCUT2D eigenvalue weighted by molar-refractivity contribution is 5.85. The van der Waals surface area contributed by atoms with E-state index in [1.165, 1.54) is 5.56 Å². The third-order valence-electron chi connectivity index (χ3n) is 4.94. The van der Waals surface area contributed by atoms with Crippen molar-refractivity contribution in [3.8, 4) is 5.75 Å². The van der Waals surface area contributed by atoms with Crippen LogP contribution in [0.2, 0.25) is 0 Å². The van der Waals surface area contributed by atoms with Crippen LogP contribution in [-0.2, 0) is 27.2 Å². The van der Waals surface area contributed by atoms with Crippen molar-refractivity contribution in [2.75, 3.05) is 19.8 Å². The van der Waals surface area contributed by atoms with Crippen molar-refractivity contribution < 1.29 is 19.1 Å². The minimum absolute atomic E-state index is 0.0419. The van der Waals surface area contributed by atoms with Crippen molar-refractivity contribution in [1.29, 1.82) is 0 Å². The summed E-state index contributed by atoms with van der Waals surface area (Å²) in [6.07, 6.45) is 4.25. The SMILES string of the molecule is CC(C)C(=O)N1CCCCC1C(=O)OCCc1ccc2c(c1)CCO2. The van der Waals surface area contributed by atoms with Crippen molar-refractivity contribution in [3.63, 3.8) is 0 Å². The summed E-state index contributed by atoms with van der Waals surface area (Å²) in [5, 5.41) is 0. The maximum Gasteiger partial charge on any atom is 0.328 e. The number of amides is 1. The number of benzene rings is 1. The first-order valence-electron chi connectivity index (χ1n) is 9.28. The number of piperidine rings is 1. The number of rotatable bonds is 5. The van der Waals surface area contributed by atoms with Gasteiger partial charge in [-0.15, -0.1) is 0 Å². The molecule has 0 N–H and O–H groups in total. The zero-order chi connectivity index (χ0) is 17.8. The molecule has 1 unspecified atom stereocenters. The highest BCUT2D eigenvalue weighted by Crippen LogP contribution is 2.26. The van der Waals surface area contributed by atoms with Gasteiger partial charge in [0.2, 0.25) is 5.91 Å². The van der Waals surface area contributed by atoms with Crippen molar-refractivity contribution in [1.82, 2.24) is 4.90 Å². The zero-order valence-corrected chi connectivity index (χ0v) is 15.1. The molecule has 3 rings (SSSR count). The van der Waals surface area contributed by atoms with Gasteiger partial charge in [0.25, 0.3) is 0 Å². The van der Waals surface area contributed by atoms with Crippen LogP contribution in [0.5, 0.6) is 5.75 Å². The third-order valence-corrected chi connectivity index (χ3v) is 4.94. The molecule has 0 aliphatic carbocycles. The number of fused-ring (bicyclic) bond motifs is 1. The first-order valence-corrected chi connectivity index (χ1v) is 9.28. The largest absolute Gasteiger partial charge is 0.493 e. The monoisotopic (exact) mass is 345 g/mol. The molecule has 2 heterocycles. The molecule has 1 fully saturated rings. The summed E-state index contributed by atoms with van der Waals surface area (Å²) in [5.74, 6) is 0.645. The molecule has 0 aromatic heterocycles. The number of carbonyl (C=O) groups is 2. The Kier molecular flexibility index (Phi) is 5.61. The van der Waals surface area contributed by atoms with Crippen molar-refractivity contribution in [3.05, 3.63) is 29.3 Å². The van der Waals surface area contributed by atoms with Crippen molar-refractivity contribution >= 4 is 11.9 Å². The molecule has 2 aliphatic rings. The second-order valence-corrected chi connectivity index (χ2v) is 7.16. The Morgan fingerprint density at radius 3 is 2.96 bits per heavy atom. The molecule has 25 heavy (non-hydrogen) atoms. The first-order chi connectivity index (χ1) is 12.1. The predicted octanol–water partition coefficient (Wildman–Crippen LogP) is 2.74. The summed E-state index contributed by atoms with van der Waals surface area (Å²) in [6, 6.07) is 5.72.